The molecule has 2 rings (SSSR count). The van der Waals surface area contributed by atoms with Gasteiger partial charge in [0, 0.05) is 11.8 Å². The van der Waals surface area contributed by atoms with E-state index in [-0.39, 0.29) is 0 Å². The van der Waals surface area contributed by atoms with E-state index in [0.29, 0.717) is 11.8 Å². The van der Waals surface area contributed by atoms with Gasteiger partial charge < -0.3 is 0 Å². The molecule has 2 aromatic rings. The Labute approximate surface area is 115 Å². The van der Waals surface area contributed by atoms with Crippen molar-refractivity contribution in [3.05, 3.63) is 70.8 Å². The number of alkyl halides is 1. The molecular formula is C17H19Cl. The van der Waals surface area contributed by atoms with Crippen molar-refractivity contribution in [1.29, 1.82) is 0 Å². The van der Waals surface area contributed by atoms with Crippen molar-refractivity contribution in [3.63, 3.8) is 0 Å². The van der Waals surface area contributed by atoms with Crippen LogP contribution in [0.25, 0.3) is 0 Å². The number of rotatable bonds is 4. The van der Waals surface area contributed by atoms with Crippen LogP contribution in [-0.2, 0) is 6.42 Å². The third-order valence-corrected chi connectivity index (χ3v) is 3.80. The number of hydrogen-bond donors (Lipinski definition) is 0. The van der Waals surface area contributed by atoms with Crippen LogP contribution in [0.15, 0.2) is 48.5 Å². The smallest absolute Gasteiger partial charge is 0.0295 e. The lowest BCUT2D eigenvalue weighted by molar-refractivity contribution is 0.762. The normalized spacial score (nSPS) is 12.4. The van der Waals surface area contributed by atoms with Gasteiger partial charge in [0.05, 0.1) is 0 Å². The van der Waals surface area contributed by atoms with Crippen LogP contribution in [0, 0.1) is 13.8 Å². The number of hydrogen-bond acceptors (Lipinski definition) is 0. The van der Waals surface area contributed by atoms with Gasteiger partial charge in [0.2, 0.25) is 0 Å². The first-order valence-corrected chi connectivity index (χ1v) is 6.91. The van der Waals surface area contributed by atoms with Gasteiger partial charge in [0.1, 0.15) is 0 Å². The van der Waals surface area contributed by atoms with Crippen molar-refractivity contribution >= 4 is 11.6 Å². The topological polar surface area (TPSA) is 0 Å². The molecule has 0 N–H and O–H groups in total. The van der Waals surface area contributed by atoms with E-state index in [2.05, 4.69) is 56.3 Å². The molecule has 0 saturated carbocycles. The van der Waals surface area contributed by atoms with E-state index in [1.165, 1.54) is 22.3 Å². The van der Waals surface area contributed by atoms with Crippen LogP contribution in [0.3, 0.4) is 0 Å². The third kappa shape index (κ3) is 3.14. The summed E-state index contributed by atoms with van der Waals surface area (Å²) < 4.78 is 0. The van der Waals surface area contributed by atoms with Gasteiger partial charge in [-0.1, -0.05) is 54.1 Å². The van der Waals surface area contributed by atoms with E-state index >= 15 is 0 Å². The maximum absolute atomic E-state index is 6.14. The molecule has 1 heteroatoms. The fourth-order valence-electron chi connectivity index (χ4n) is 2.27. The molecule has 0 radical (unpaired) electrons. The zero-order valence-corrected chi connectivity index (χ0v) is 11.7. The lowest BCUT2D eigenvalue weighted by atomic mass is 9.91. The molecule has 94 valence electrons. The molecule has 1 atom stereocenters. The van der Waals surface area contributed by atoms with Gasteiger partial charge in [-0.2, -0.15) is 0 Å². The van der Waals surface area contributed by atoms with Crippen molar-refractivity contribution in [1.82, 2.24) is 0 Å². The SMILES string of the molecule is Cc1ccc(C)c(CC(CCl)c2ccccc2)c1. The Balaban J connectivity index is 2.23. The van der Waals surface area contributed by atoms with E-state index in [0.717, 1.165) is 6.42 Å². The molecule has 18 heavy (non-hydrogen) atoms. The standard InChI is InChI=1S/C17H19Cl/c1-13-8-9-14(2)16(10-13)11-17(12-18)15-6-4-3-5-7-15/h3-10,17H,11-12H2,1-2H3. The molecule has 0 saturated heterocycles. The van der Waals surface area contributed by atoms with E-state index in [1.54, 1.807) is 0 Å². The molecule has 1 unspecified atom stereocenters. The monoisotopic (exact) mass is 258 g/mol. The Bertz CT molecular complexity index is 502. The fourth-order valence-corrected chi connectivity index (χ4v) is 2.56. The summed E-state index contributed by atoms with van der Waals surface area (Å²) in [6.45, 7) is 4.31. The van der Waals surface area contributed by atoms with E-state index in [1.807, 2.05) is 6.07 Å². The highest BCUT2D eigenvalue weighted by Crippen LogP contribution is 2.24. The minimum Gasteiger partial charge on any atom is -0.126 e. The van der Waals surface area contributed by atoms with Crippen LogP contribution in [-0.4, -0.2) is 5.88 Å². The fraction of sp³-hybridized carbons (Fsp3) is 0.294. The summed E-state index contributed by atoms with van der Waals surface area (Å²) in [5, 5.41) is 0. The zero-order chi connectivity index (χ0) is 13.0. The number of halogens is 1. The Morgan fingerprint density at radius 3 is 2.39 bits per heavy atom. The van der Waals surface area contributed by atoms with E-state index in [4.69, 9.17) is 11.6 Å². The second kappa shape index (κ2) is 6.06. The Morgan fingerprint density at radius 1 is 1.00 bits per heavy atom. The Morgan fingerprint density at radius 2 is 1.72 bits per heavy atom. The van der Waals surface area contributed by atoms with Crippen LogP contribution in [0.1, 0.15) is 28.2 Å². The molecular weight excluding hydrogens is 240 g/mol. The van der Waals surface area contributed by atoms with Crippen LogP contribution in [0.4, 0.5) is 0 Å². The highest BCUT2D eigenvalue weighted by molar-refractivity contribution is 6.18. The van der Waals surface area contributed by atoms with Crippen LogP contribution in [0.2, 0.25) is 0 Å². The summed E-state index contributed by atoms with van der Waals surface area (Å²) >= 11 is 6.14. The van der Waals surface area contributed by atoms with Crippen molar-refractivity contribution in [2.45, 2.75) is 26.2 Å². The first-order valence-electron chi connectivity index (χ1n) is 6.37. The molecule has 0 aliphatic carbocycles. The summed E-state index contributed by atoms with van der Waals surface area (Å²) in [4.78, 5) is 0. The quantitative estimate of drug-likeness (QED) is 0.687. The second-order valence-electron chi connectivity index (χ2n) is 4.90. The molecule has 0 aliphatic heterocycles. The van der Waals surface area contributed by atoms with Gasteiger partial charge in [-0.05, 0) is 37.0 Å². The molecule has 0 nitrogen and oxygen atoms in total. The third-order valence-electron chi connectivity index (χ3n) is 3.43. The first kappa shape index (κ1) is 13.2. The molecule has 0 aromatic heterocycles. The maximum atomic E-state index is 6.14. The van der Waals surface area contributed by atoms with Gasteiger partial charge in [-0.15, -0.1) is 11.6 Å². The van der Waals surface area contributed by atoms with Gasteiger partial charge >= 0.3 is 0 Å². The first-order chi connectivity index (χ1) is 8.70. The van der Waals surface area contributed by atoms with E-state index < -0.39 is 0 Å². The van der Waals surface area contributed by atoms with Crippen LogP contribution in [0.5, 0.6) is 0 Å². The van der Waals surface area contributed by atoms with Gasteiger partial charge in [0.25, 0.3) is 0 Å². The number of benzene rings is 2. The predicted molar refractivity (Wildman–Crippen MR) is 79.5 cm³/mol. The van der Waals surface area contributed by atoms with Gasteiger partial charge in [-0.25, -0.2) is 0 Å². The highest BCUT2D eigenvalue weighted by atomic mass is 35.5. The molecule has 0 spiro atoms. The zero-order valence-electron chi connectivity index (χ0n) is 11.0. The van der Waals surface area contributed by atoms with Crippen molar-refractivity contribution in [2.75, 3.05) is 5.88 Å². The molecule has 0 bridgehead atoms. The maximum Gasteiger partial charge on any atom is 0.0295 e. The second-order valence-corrected chi connectivity index (χ2v) is 5.20. The molecule has 2 aromatic carbocycles. The van der Waals surface area contributed by atoms with Crippen molar-refractivity contribution < 1.29 is 0 Å². The lowest BCUT2D eigenvalue weighted by Crippen LogP contribution is -2.06. The van der Waals surface area contributed by atoms with Crippen molar-refractivity contribution in [2.24, 2.45) is 0 Å². The summed E-state index contributed by atoms with van der Waals surface area (Å²) in [5.41, 5.74) is 5.40. The minimum atomic E-state index is 0.397. The Kier molecular flexibility index (Phi) is 4.43. The largest absolute Gasteiger partial charge is 0.126 e. The summed E-state index contributed by atoms with van der Waals surface area (Å²) in [6.07, 6.45) is 1.01. The predicted octanol–water partition coefficient (Wildman–Crippen LogP) is 4.87. The average Bonchev–Trinajstić information content (AvgIpc) is 2.41. The van der Waals surface area contributed by atoms with Gasteiger partial charge in [-0.3, -0.25) is 0 Å². The van der Waals surface area contributed by atoms with Crippen LogP contribution >= 0.6 is 11.6 Å². The Hall–Kier alpha value is -1.27. The van der Waals surface area contributed by atoms with Gasteiger partial charge in [0.15, 0.2) is 0 Å². The van der Waals surface area contributed by atoms with Crippen molar-refractivity contribution in [3.8, 4) is 0 Å². The molecule has 0 heterocycles. The minimum absolute atomic E-state index is 0.397. The average molecular weight is 259 g/mol. The molecule has 0 amide bonds. The highest BCUT2D eigenvalue weighted by Gasteiger charge is 2.12. The lowest BCUT2D eigenvalue weighted by Gasteiger charge is -2.16. The summed E-state index contributed by atoms with van der Waals surface area (Å²) in [7, 11) is 0. The number of aryl methyl sites for hydroxylation is 2. The summed E-state index contributed by atoms with van der Waals surface area (Å²) in [5.74, 6) is 1.06. The molecule has 0 aliphatic rings. The summed E-state index contributed by atoms with van der Waals surface area (Å²) in [6, 6.07) is 17.2. The molecule has 0 fully saturated rings. The van der Waals surface area contributed by atoms with Crippen LogP contribution < -0.4 is 0 Å². The van der Waals surface area contributed by atoms with E-state index in [9.17, 15) is 0 Å².